The summed E-state index contributed by atoms with van der Waals surface area (Å²) >= 11 is 0. The lowest BCUT2D eigenvalue weighted by atomic mass is 10.1. The van der Waals surface area contributed by atoms with Crippen LogP contribution in [0.5, 0.6) is 0 Å². The third kappa shape index (κ3) is 17.7. The average Bonchev–Trinajstić information content (AvgIpc) is 2.44. The first-order chi connectivity index (χ1) is 9.01. The number of nitrogens with two attached hydrogens (primary N) is 4. The first-order valence-corrected chi connectivity index (χ1v) is 6.40. The quantitative estimate of drug-likeness (QED) is 0.330. The van der Waals surface area contributed by atoms with E-state index in [2.05, 4.69) is 19.4 Å². The maximum Gasteiger partial charge on any atom is 0.0760 e. The van der Waals surface area contributed by atoms with Gasteiger partial charge in [0.1, 0.15) is 0 Å². The van der Waals surface area contributed by atoms with Crippen LogP contribution in [0.4, 0.5) is 0 Å². The van der Waals surface area contributed by atoms with Crippen molar-refractivity contribution in [3.8, 4) is 0 Å². The van der Waals surface area contributed by atoms with Crippen LogP contribution in [-0.2, 0) is 19.4 Å². The molecule has 0 amide bonds. The zero-order valence-corrected chi connectivity index (χ0v) is 12.2. The minimum absolute atomic E-state index is 0.0811. The van der Waals surface area contributed by atoms with Crippen LogP contribution in [0.25, 0.3) is 0 Å². The minimum Gasteiger partial charge on any atom is -0.305 e. The molecule has 3 atom stereocenters. The van der Waals surface area contributed by atoms with Gasteiger partial charge in [-0.1, -0.05) is 0 Å². The molecule has 0 saturated heterocycles. The Morgan fingerprint density at radius 1 is 0.684 bits per heavy atom. The maximum absolute atomic E-state index is 4.93. The van der Waals surface area contributed by atoms with Crippen molar-refractivity contribution >= 4 is 0 Å². The number of hydrogen-bond acceptors (Lipinski definition) is 8. The van der Waals surface area contributed by atoms with Crippen LogP contribution in [0.15, 0.2) is 0 Å². The molecule has 0 aromatic rings. The SMILES string of the molecule is CC(CCC(C)ON)ON.CC(CCCON)ON. The lowest BCUT2D eigenvalue weighted by molar-refractivity contribution is 0.0246. The lowest BCUT2D eigenvalue weighted by Gasteiger charge is -2.11. The van der Waals surface area contributed by atoms with Crippen LogP contribution < -0.4 is 23.6 Å². The van der Waals surface area contributed by atoms with E-state index in [1.54, 1.807) is 0 Å². The van der Waals surface area contributed by atoms with E-state index >= 15 is 0 Å². The van der Waals surface area contributed by atoms with Gasteiger partial charge in [0.15, 0.2) is 0 Å². The smallest absolute Gasteiger partial charge is 0.0760 e. The second kappa shape index (κ2) is 15.7. The molecule has 8 heteroatoms. The fraction of sp³-hybridized carbons (Fsp3) is 1.00. The highest BCUT2D eigenvalue weighted by Crippen LogP contribution is 2.03. The molecule has 0 aromatic heterocycles. The van der Waals surface area contributed by atoms with Crippen LogP contribution >= 0.6 is 0 Å². The summed E-state index contributed by atoms with van der Waals surface area (Å²) in [6, 6.07) is 0. The Hall–Kier alpha value is -0.320. The van der Waals surface area contributed by atoms with Crippen LogP contribution in [-0.4, -0.2) is 24.9 Å². The maximum atomic E-state index is 4.93. The Morgan fingerprint density at radius 3 is 1.37 bits per heavy atom. The van der Waals surface area contributed by atoms with Gasteiger partial charge in [-0.25, -0.2) is 23.6 Å². The summed E-state index contributed by atoms with van der Waals surface area (Å²) in [4.78, 5) is 17.9. The zero-order chi connectivity index (χ0) is 15.1. The Labute approximate surface area is 115 Å². The van der Waals surface area contributed by atoms with Crippen molar-refractivity contribution in [2.45, 2.75) is 64.8 Å². The van der Waals surface area contributed by atoms with Gasteiger partial charge in [0.2, 0.25) is 0 Å². The van der Waals surface area contributed by atoms with Crippen molar-refractivity contribution in [2.75, 3.05) is 6.61 Å². The molecule has 8 N–H and O–H groups in total. The van der Waals surface area contributed by atoms with E-state index < -0.39 is 0 Å². The fourth-order valence-electron chi connectivity index (χ4n) is 1.13. The number of rotatable bonds is 10. The zero-order valence-electron chi connectivity index (χ0n) is 12.2. The molecular formula is C11H30N4O4. The molecule has 0 fully saturated rings. The van der Waals surface area contributed by atoms with Crippen molar-refractivity contribution in [1.29, 1.82) is 0 Å². The van der Waals surface area contributed by atoms with E-state index in [1.165, 1.54) is 0 Å². The van der Waals surface area contributed by atoms with E-state index in [9.17, 15) is 0 Å². The second-order valence-corrected chi connectivity index (χ2v) is 4.43. The Kier molecular flexibility index (Phi) is 17.4. The normalized spacial score (nSPS) is 15.3. The molecule has 0 saturated carbocycles. The highest BCUT2D eigenvalue weighted by molar-refractivity contribution is 4.54. The van der Waals surface area contributed by atoms with E-state index in [4.69, 9.17) is 23.6 Å². The predicted octanol–water partition coefficient (Wildman–Crippen LogP) is 0.260. The largest absolute Gasteiger partial charge is 0.305 e. The lowest BCUT2D eigenvalue weighted by Crippen LogP contribution is -2.18. The monoisotopic (exact) mass is 282 g/mol. The minimum atomic E-state index is 0.0811. The Morgan fingerprint density at radius 2 is 1.05 bits per heavy atom. The first kappa shape index (κ1) is 21.0. The standard InChI is InChI=1S/C6H16N2O2.C5H14N2O2/c1-5(9-7)3-4-6(2)10-8;1-5(9-7)3-2-4-8-6/h5-6H,3-4,7-8H2,1-2H3;5H,2-4,6-7H2,1H3. The summed E-state index contributed by atoms with van der Waals surface area (Å²) in [7, 11) is 0. The molecule has 3 unspecified atom stereocenters. The molecule has 19 heavy (non-hydrogen) atoms. The summed E-state index contributed by atoms with van der Waals surface area (Å²) < 4.78 is 0. The van der Waals surface area contributed by atoms with E-state index in [-0.39, 0.29) is 18.3 Å². The van der Waals surface area contributed by atoms with Crippen molar-refractivity contribution in [2.24, 2.45) is 23.6 Å². The van der Waals surface area contributed by atoms with Crippen LogP contribution in [0.3, 0.4) is 0 Å². The first-order valence-electron chi connectivity index (χ1n) is 6.40. The summed E-state index contributed by atoms with van der Waals surface area (Å²) in [5.74, 6) is 19.5. The van der Waals surface area contributed by atoms with Gasteiger partial charge in [-0.05, 0) is 46.5 Å². The van der Waals surface area contributed by atoms with Gasteiger partial charge in [0.05, 0.1) is 24.9 Å². The Balaban J connectivity index is 0. The number of hydrogen-bond donors (Lipinski definition) is 4. The molecule has 0 aliphatic heterocycles. The molecule has 8 nitrogen and oxygen atoms in total. The molecule has 0 radical (unpaired) electrons. The molecule has 0 bridgehead atoms. The average molecular weight is 282 g/mol. The van der Waals surface area contributed by atoms with Gasteiger partial charge in [-0.2, -0.15) is 0 Å². The molecule has 0 rings (SSSR count). The van der Waals surface area contributed by atoms with Crippen LogP contribution in [0.1, 0.15) is 46.5 Å². The molecule has 118 valence electrons. The summed E-state index contributed by atoms with van der Waals surface area (Å²) in [6.45, 7) is 6.27. The fourth-order valence-corrected chi connectivity index (χ4v) is 1.13. The highest BCUT2D eigenvalue weighted by Gasteiger charge is 2.04. The molecule has 0 aliphatic carbocycles. The van der Waals surface area contributed by atoms with Gasteiger partial charge in [-0.15, -0.1) is 0 Å². The Bertz CT molecular complexity index is 167. The third-order valence-electron chi connectivity index (χ3n) is 2.55. The topological polar surface area (TPSA) is 141 Å². The summed E-state index contributed by atoms with van der Waals surface area (Å²) in [6.07, 6.45) is 3.77. The molecule has 0 spiro atoms. The van der Waals surface area contributed by atoms with Crippen LogP contribution in [0, 0.1) is 0 Å². The molecule has 0 aromatic carbocycles. The molecule has 0 heterocycles. The van der Waals surface area contributed by atoms with Crippen molar-refractivity contribution in [3.63, 3.8) is 0 Å². The predicted molar refractivity (Wildman–Crippen MR) is 72.8 cm³/mol. The van der Waals surface area contributed by atoms with Crippen molar-refractivity contribution < 1.29 is 19.4 Å². The molecular weight excluding hydrogens is 252 g/mol. The third-order valence-corrected chi connectivity index (χ3v) is 2.55. The van der Waals surface area contributed by atoms with E-state index in [1.807, 2.05) is 20.8 Å². The summed E-state index contributed by atoms with van der Waals surface area (Å²) in [5, 5.41) is 0. The van der Waals surface area contributed by atoms with Crippen molar-refractivity contribution in [1.82, 2.24) is 0 Å². The summed E-state index contributed by atoms with van der Waals surface area (Å²) in [5.41, 5.74) is 0. The molecule has 0 aliphatic rings. The second-order valence-electron chi connectivity index (χ2n) is 4.43. The van der Waals surface area contributed by atoms with Crippen LogP contribution in [0.2, 0.25) is 0 Å². The van der Waals surface area contributed by atoms with Gasteiger partial charge >= 0.3 is 0 Å². The van der Waals surface area contributed by atoms with Gasteiger partial charge < -0.3 is 19.4 Å². The van der Waals surface area contributed by atoms with Gasteiger partial charge in [-0.3, -0.25) is 0 Å². The van der Waals surface area contributed by atoms with E-state index in [0.717, 1.165) is 25.7 Å². The van der Waals surface area contributed by atoms with Gasteiger partial charge in [0.25, 0.3) is 0 Å². The van der Waals surface area contributed by atoms with Gasteiger partial charge in [0, 0.05) is 0 Å². The highest BCUT2D eigenvalue weighted by atomic mass is 16.6. The van der Waals surface area contributed by atoms with E-state index in [0.29, 0.717) is 6.61 Å². The van der Waals surface area contributed by atoms with Crippen molar-refractivity contribution in [3.05, 3.63) is 0 Å².